The van der Waals surface area contributed by atoms with Crippen LogP contribution in [0.25, 0.3) is 10.2 Å². The van der Waals surface area contributed by atoms with E-state index in [1.165, 1.54) is 10.4 Å². The van der Waals surface area contributed by atoms with Gasteiger partial charge < -0.3 is 4.90 Å². The highest BCUT2D eigenvalue weighted by molar-refractivity contribution is 7.18. The van der Waals surface area contributed by atoms with E-state index in [4.69, 9.17) is 11.6 Å². The van der Waals surface area contributed by atoms with Gasteiger partial charge in [0.2, 0.25) is 5.28 Å². The summed E-state index contributed by atoms with van der Waals surface area (Å²) in [6, 6.07) is 18.7. The second-order valence-corrected chi connectivity index (χ2v) is 8.03. The zero-order valence-electron chi connectivity index (χ0n) is 15.7. The van der Waals surface area contributed by atoms with E-state index in [2.05, 4.69) is 63.2 Å². The molecule has 3 aromatic heterocycles. The van der Waals surface area contributed by atoms with Crippen LogP contribution in [0.1, 0.15) is 23.1 Å². The van der Waals surface area contributed by atoms with Crippen LogP contribution in [0, 0.1) is 0 Å². The number of rotatable bonds is 7. The maximum atomic E-state index is 6.29. The van der Waals surface area contributed by atoms with Gasteiger partial charge in [-0.15, -0.1) is 11.3 Å². The molecule has 0 spiro atoms. The molecule has 1 aromatic carbocycles. The Hall–Kier alpha value is -2.50. The molecule has 0 bridgehead atoms. The molecule has 0 aliphatic rings. The number of halogens is 1. The molecule has 0 aliphatic carbocycles. The Balaban J connectivity index is 1.71. The van der Waals surface area contributed by atoms with E-state index in [0.717, 1.165) is 47.7 Å². The fraction of sp³-hybridized carbons (Fsp3) is 0.227. The minimum Gasteiger partial charge on any atom is -0.351 e. The molecule has 0 fully saturated rings. The molecule has 0 unspecified atom stereocenters. The van der Waals surface area contributed by atoms with Crippen LogP contribution in [0.5, 0.6) is 0 Å². The summed E-state index contributed by atoms with van der Waals surface area (Å²) in [5, 5.41) is 1.37. The normalized spacial score (nSPS) is 11.1. The van der Waals surface area contributed by atoms with Crippen LogP contribution >= 0.6 is 22.9 Å². The third-order valence-electron chi connectivity index (χ3n) is 4.62. The second kappa shape index (κ2) is 8.67. The van der Waals surface area contributed by atoms with Gasteiger partial charge >= 0.3 is 0 Å². The molecule has 6 heteroatoms. The van der Waals surface area contributed by atoms with Gasteiger partial charge in [0.1, 0.15) is 10.6 Å². The Bertz CT molecular complexity index is 1050. The topological polar surface area (TPSA) is 41.9 Å². The molecule has 4 nitrogen and oxygen atoms in total. The lowest BCUT2D eigenvalue weighted by Gasteiger charge is -2.24. The Morgan fingerprint density at radius 2 is 1.86 bits per heavy atom. The first-order chi connectivity index (χ1) is 13.7. The van der Waals surface area contributed by atoms with Crippen molar-refractivity contribution in [3.05, 3.63) is 82.2 Å². The Morgan fingerprint density at radius 1 is 1.04 bits per heavy atom. The number of aromatic nitrogens is 3. The molecular formula is C22H21ClN4S. The van der Waals surface area contributed by atoms with E-state index >= 15 is 0 Å². The Labute approximate surface area is 173 Å². The van der Waals surface area contributed by atoms with Crippen molar-refractivity contribution in [3.63, 3.8) is 0 Å². The highest BCUT2D eigenvalue weighted by atomic mass is 35.5. The first-order valence-corrected chi connectivity index (χ1v) is 10.6. The van der Waals surface area contributed by atoms with E-state index in [-0.39, 0.29) is 0 Å². The van der Waals surface area contributed by atoms with Crippen LogP contribution in [0.15, 0.2) is 60.8 Å². The molecule has 0 aliphatic heterocycles. The summed E-state index contributed by atoms with van der Waals surface area (Å²) in [6.45, 7) is 3.71. The minimum atomic E-state index is 0.294. The van der Waals surface area contributed by atoms with Gasteiger partial charge in [-0.2, -0.15) is 4.98 Å². The van der Waals surface area contributed by atoms with Gasteiger partial charge in [0.15, 0.2) is 0 Å². The third-order valence-corrected chi connectivity index (χ3v) is 5.97. The fourth-order valence-corrected chi connectivity index (χ4v) is 4.38. The summed E-state index contributed by atoms with van der Waals surface area (Å²) in [5.74, 6) is 0.894. The largest absolute Gasteiger partial charge is 0.351 e. The van der Waals surface area contributed by atoms with Crippen LogP contribution < -0.4 is 4.90 Å². The highest BCUT2D eigenvalue weighted by Crippen LogP contribution is 2.33. The number of thiophene rings is 1. The molecular weight excluding hydrogens is 388 g/mol. The molecule has 28 heavy (non-hydrogen) atoms. The average molecular weight is 409 g/mol. The summed E-state index contributed by atoms with van der Waals surface area (Å²) in [5.41, 5.74) is 2.30. The molecule has 4 aromatic rings. The summed E-state index contributed by atoms with van der Waals surface area (Å²) in [7, 11) is 0. The molecule has 3 heterocycles. The maximum absolute atomic E-state index is 6.29. The molecule has 0 amide bonds. The van der Waals surface area contributed by atoms with Gasteiger partial charge in [-0.3, -0.25) is 4.98 Å². The van der Waals surface area contributed by atoms with Crippen molar-refractivity contribution in [1.82, 2.24) is 15.0 Å². The maximum Gasteiger partial charge on any atom is 0.225 e. The quantitative estimate of drug-likeness (QED) is 0.376. The SMILES string of the molecule is CCc1cc2c(N(CCc3ccccn3)Cc3ccccc3)nc(Cl)nc2s1. The zero-order valence-corrected chi connectivity index (χ0v) is 17.2. The molecule has 0 saturated heterocycles. The molecule has 0 radical (unpaired) electrons. The van der Waals surface area contributed by atoms with Gasteiger partial charge in [0, 0.05) is 36.3 Å². The van der Waals surface area contributed by atoms with Crippen molar-refractivity contribution < 1.29 is 0 Å². The van der Waals surface area contributed by atoms with E-state index in [1.807, 2.05) is 24.4 Å². The lowest BCUT2D eigenvalue weighted by atomic mass is 10.2. The number of fused-ring (bicyclic) bond motifs is 1. The highest BCUT2D eigenvalue weighted by Gasteiger charge is 2.17. The van der Waals surface area contributed by atoms with Crippen LogP contribution in [-0.4, -0.2) is 21.5 Å². The van der Waals surface area contributed by atoms with Crippen molar-refractivity contribution >= 4 is 39.0 Å². The van der Waals surface area contributed by atoms with Crippen molar-refractivity contribution in [1.29, 1.82) is 0 Å². The van der Waals surface area contributed by atoms with Gasteiger partial charge in [-0.05, 0) is 41.8 Å². The van der Waals surface area contributed by atoms with E-state index in [1.54, 1.807) is 11.3 Å². The number of hydrogen-bond acceptors (Lipinski definition) is 5. The molecule has 0 atom stereocenters. The molecule has 142 valence electrons. The molecule has 0 N–H and O–H groups in total. The lowest BCUT2D eigenvalue weighted by molar-refractivity contribution is 0.761. The summed E-state index contributed by atoms with van der Waals surface area (Å²) < 4.78 is 0. The smallest absolute Gasteiger partial charge is 0.225 e. The monoisotopic (exact) mass is 408 g/mol. The van der Waals surface area contributed by atoms with Crippen molar-refractivity contribution in [2.75, 3.05) is 11.4 Å². The first kappa shape index (κ1) is 18.8. The second-order valence-electron chi connectivity index (χ2n) is 6.58. The van der Waals surface area contributed by atoms with E-state index < -0.39 is 0 Å². The molecule has 4 rings (SSSR count). The number of benzene rings is 1. The number of aryl methyl sites for hydroxylation is 1. The first-order valence-electron chi connectivity index (χ1n) is 9.37. The Morgan fingerprint density at radius 3 is 2.61 bits per heavy atom. The Kier molecular flexibility index (Phi) is 5.84. The van der Waals surface area contributed by atoms with Gasteiger partial charge in [0.25, 0.3) is 0 Å². The van der Waals surface area contributed by atoms with Crippen molar-refractivity contribution in [2.24, 2.45) is 0 Å². The summed E-state index contributed by atoms with van der Waals surface area (Å²) in [6.07, 6.45) is 3.65. The predicted molar refractivity (Wildman–Crippen MR) is 117 cm³/mol. The average Bonchev–Trinajstić information content (AvgIpc) is 3.15. The zero-order chi connectivity index (χ0) is 19.3. The van der Waals surface area contributed by atoms with Gasteiger partial charge in [0.05, 0.1) is 5.39 Å². The number of pyridine rings is 1. The summed E-state index contributed by atoms with van der Waals surface area (Å²) >= 11 is 7.98. The number of hydrogen-bond donors (Lipinski definition) is 0. The molecule has 0 saturated carbocycles. The third kappa shape index (κ3) is 4.32. The van der Waals surface area contributed by atoms with Crippen LogP contribution in [-0.2, 0) is 19.4 Å². The van der Waals surface area contributed by atoms with Crippen LogP contribution in [0.3, 0.4) is 0 Å². The lowest BCUT2D eigenvalue weighted by Crippen LogP contribution is -2.26. The number of nitrogens with zero attached hydrogens (tertiary/aromatic N) is 4. The number of anilines is 1. The van der Waals surface area contributed by atoms with Gasteiger partial charge in [-0.1, -0.05) is 43.3 Å². The van der Waals surface area contributed by atoms with Crippen LogP contribution in [0.2, 0.25) is 5.28 Å². The summed E-state index contributed by atoms with van der Waals surface area (Å²) in [4.78, 5) is 18.1. The van der Waals surface area contributed by atoms with Crippen molar-refractivity contribution in [3.8, 4) is 0 Å². The van der Waals surface area contributed by atoms with Crippen LogP contribution in [0.4, 0.5) is 5.82 Å². The predicted octanol–water partition coefficient (Wildman–Crippen LogP) is 5.55. The fourth-order valence-electron chi connectivity index (χ4n) is 3.21. The van der Waals surface area contributed by atoms with Crippen molar-refractivity contribution in [2.45, 2.75) is 26.3 Å². The van der Waals surface area contributed by atoms with E-state index in [9.17, 15) is 0 Å². The van der Waals surface area contributed by atoms with E-state index in [0.29, 0.717) is 5.28 Å². The van der Waals surface area contributed by atoms with Gasteiger partial charge in [-0.25, -0.2) is 4.98 Å². The minimum absolute atomic E-state index is 0.294. The standard InChI is InChI=1S/C22H21ClN4S/c1-2-18-14-19-20(25-22(23)26-21(19)28-18)27(15-16-8-4-3-5-9-16)13-11-17-10-6-7-12-24-17/h3-10,12,14H,2,11,13,15H2,1H3.